The maximum Gasteiger partial charge on any atom is 0.412 e. The highest BCUT2D eigenvalue weighted by Crippen LogP contribution is 2.19. The lowest BCUT2D eigenvalue weighted by Crippen LogP contribution is -2.15. The fourth-order valence-corrected chi connectivity index (χ4v) is 1.52. The minimum Gasteiger partial charge on any atom is -0.444 e. The average Bonchev–Trinajstić information content (AvgIpc) is 2.43. The molecule has 0 saturated carbocycles. The van der Waals surface area contributed by atoms with Crippen molar-refractivity contribution in [2.24, 2.45) is 0 Å². The van der Waals surface area contributed by atoms with Crippen LogP contribution in [0.1, 0.15) is 5.56 Å². The lowest BCUT2D eigenvalue weighted by Gasteiger charge is -2.08. The van der Waals surface area contributed by atoms with E-state index in [2.05, 4.69) is 0 Å². The molecule has 0 saturated heterocycles. The molecule has 0 aromatic heterocycles. The van der Waals surface area contributed by atoms with Crippen molar-refractivity contribution in [1.82, 2.24) is 0 Å². The first-order valence-corrected chi connectivity index (χ1v) is 5.68. The second-order valence-electron chi connectivity index (χ2n) is 3.94. The van der Waals surface area contributed by atoms with Gasteiger partial charge in [-0.3, -0.25) is 5.32 Å². The highest BCUT2D eigenvalue weighted by molar-refractivity contribution is 5.84. The summed E-state index contributed by atoms with van der Waals surface area (Å²) in [6.07, 6.45) is -1.00. The summed E-state index contributed by atoms with van der Waals surface area (Å²) in [7, 11) is 0. The Morgan fingerprint density at radius 1 is 1.10 bits per heavy atom. The molecule has 0 radical (unpaired) electrons. The topological polar surface area (TPSA) is 38.3 Å². The third-order valence-corrected chi connectivity index (χ3v) is 2.44. The van der Waals surface area contributed by atoms with Crippen LogP contribution in [0.5, 0.6) is 0 Å². The van der Waals surface area contributed by atoms with Gasteiger partial charge in [0.05, 0.1) is 5.69 Å². The number of rotatable bonds is 3. The Morgan fingerprint density at radius 2 is 1.80 bits per heavy atom. The minimum atomic E-state index is -1.39. The minimum absolute atomic E-state index is 0.0356. The first kappa shape index (κ1) is 13.9. The molecular formula is C14H10F3NO2. The fraction of sp³-hybridized carbons (Fsp3) is 0.0714. The molecule has 1 amide bonds. The molecule has 2 aromatic rings. The summed E-state index contributed by atoms with van der Waals surface area (Å²) in [4.78, 5) is 11.4. The molecule has 6 heteroatoms. The van der Waals surface area contributed by atoms with Crippen LogP contribution in [0.25, 0.3) is 0 Å². The standard InChI is InChI=1S/C14H10F3NO2/c15-10-6-11(16)13(17)12(7-10)18-14(19)20-8-9-4-2-1-3-5-9/h1-7H,8H2,(H,18,19). The molecule has 0 unspecified atom stereocenters. The highest BCUT2D eigenvalue weighted by atomic mass is 19.2. The van der Waals surface area contributed by atoms with Crippen LogP contribution in [-0.2, 0) is 11.3 Å². The lowest BCUT2D eigenvalue weighted by molar-refractivity contribution is 0.155. The van der Waals surface area contributed by atoms with Crippen LogP contribution in [-0.4, -0.2) is 6.09 Å². The normalized spacial score (nSPS) is 10.2. The zero-order chi connectivity index (χ0) is 14.5. The molecule has 0 aliphatic rings. The van der Waals surface area contributed by atoms with E-state index in [1.165, 1.54) is 0 Å². The SMILES string of the molecule is O=C(Nc1cc(F)cc(F)c1F)OCc1ccccc1. The Balaban J connectivity index is 1.98. The van der Waals surface area contributed by atoms with Gasteiger partial charge in [-0.05, 0) is 5.56 Å². The molecule has 0 heterocycles. The van der Waals surface area contributed by atoms with E-state index >= 15 is 0 Å². The van der Waals surface area contributed by atoms with E-state index < -0.39 is 29.2 Å². The molecule has 2 aromatic carbocycles. The zero-order valence-electron chi connectivity index (χ0n) is 10.2. The number of anilines is 1. The lowest BCUT2D eigenvalue weighted by atomic mass is 10.2. The number of benzene rings is 2. The van der Waals surface area contributed by atoms with Gasteiger partial charge >= 0.3 is 6.09 Å². The van der Waals surface area contributed by atoms with Crippen molar-refractivity contribution >= 4 is 11.8 Å². The largest absolute Gasteiger partial charge is 0.444 e. The van der Waals surface area contributed by atoms with E-state index in [4.69, 9.17) is 4.74 Å². The summed E-state index contributed by atoms with van der Waals surface area (Å²) in [6, 6.07) is 9.84. The van der Waals surface area contributed by atoms with E-state index in [0.717, 1.165) is 5.56 Å². The van der Waals surface area contributed by atoms with Crippen molar-refractivity contribution in [2.45, 2.75) is 6.61 Å². The van der Waals surface area contributed by atoms with Crippen LogP contribution < -0.4 is 5.32 Å². The fourth-order valence-electron chi connectivity index (χ4n) is 1.52. The molecular weight excluding hydrogens is 271 g/mol. The van der Waals surface area contributed by atoms with Gasteiger partial charge in [-0.15, -0.1) is 0 Å². The molecule has 0 atom stereocenters. The smallest absolute Gasteiger partial charge is 0.412 e. The number of carbonyl (C=O) groups excluding carboxylic acids is 1. The van der Waals surface area contributed by atoms with Gasteiger partial charge in [0, 0.05) is 12.1 Å². The van der Waals surface area contributed by atoms with Crippen molar-refractivity contribution in [3.63, 3.8) is 0 Å². The Hall–Kier alpha value is -2.50. The maximum absolute atomic E-state index is 13.3. The average molecular weight is 281 g/mol. The number of ether oxygens (including phenoxy) is 1. The predicted molar refractivity (Wildman–Crippen MR) is 66.6 cm³/mol. The van der Waals surface area contributed by atoms with Crippen LogP contribution >= 0.6 is 0 Å². The number of halogens is 3. The van der Waals surface area contributed by atoms with Gasteiger partial charge in [-0.1, -0.05) is 30.3 Å². The van der Waals surface area contributed by atoms with Crippen molar-refractivity contribution in [3.8, 4) is 0 Å². The summed E-state index contributed by atoms with van der Waals surface area (Å²) >= 11 is 0. The van der Waals surface area contributed by atoms with E-state index in [-0.39, 0.29) is 6.61 Å². The third-order valence-electron chi connectivity index (χ3n) is 2.44. The first-order chi connectivity index (χ1) is 9.56. The Labute approximate surface area is 113 Å². The van der Waals surface area contributed by atoms with Crippen molar-refractivity contribution in [2.75, 3.05) is 5.32 Å². The van der Waals surface area contributed by atoms with E-state index in [9.17, 15) is 18.0 Å². The second kappa shape index (κ2) is 6.10. The van der Waals surface area contributed by atoms with Crippen LogP contribution in [0.15, 0.2) is 42.5 Å². The van der Waals surface area contributed by atoms with Crippen LogP contribution in [0.2, 0.25) is 0 Å². The quantitative estimate of drug-likeness (QED) is 0.868. The van der Waals surface area contributed by atoms with Crippen LogP contribution in [0, 0.1) is 17.5 Å². The zero-order valence-corrected chi connectivity index (χ0v) is 10.2. The van der Waals surface area contributed by atoms with Gasteiger partial charge in [-0.2, -0.15) is 0 Å². The molecule has 0 bridgehead atoms. The molecule has 1 N–H and O–H groups in total. The van der Waals surface area contributed by atoms with E-state index in [1.807, 2.05) is 5.32 Å². The molecule has 0 spiro atoms. The van der Waals surface area contributed by atoms with Crippen molar-refractivity contribution in [1.29, 1.82) is 0 Å². The molecule has 20 heavy (non-hydrogen) atoms. The summed E-state index contributed by atoms with van der Waals surface area (Å²) in [5.41, 5.74) is 0.120. The summed E-state index contributed by atoms with van der Waals surface area (Å²) in [5.74, 6) is -3.73. The number of hydrogen-bond acceptors (Lipinski definition) is 2. The molecule has 0 aliphatic heterocycles. The van der Waals surface area contributed by atoms with Crippen molar-refractivity contribution < 1.29 is 22.7 Å². The Morgan fingerprint density at radius 3 is 2.50 bits per heavy atom. The van der Waals surface area contributed by atoms with Crippen LogP contribution in [0.4, 0.5) is 23.7 Å². The van der Waals surface area contributed by atoms with E-state index in [0.29, 0.717) is 12.1 Å². The van der Waals surface area contributed by atoms with Gasteiger partial charge in [-0.25, -0.2) is 18.0 Å². The molecule has 0 fully saturated rings. The monoisotopic (exact) mass is 281 g/mol. The second-order valence-corrected chi connectivity index (χ2v) is 3.94. The molecule has 0 aliphatic carbocycles. The van der Waals surface area contributed by atoms with E-state index in [1.54, 1.807) is 30.3 Å². The number of amides is 1. The Kier molecular flexibility index (Phi) is 4.24. The Bertz CT molecular complexity index is 617. The summed E-state index contributed by atoms with van der Waals surface area (Å²) in [6.45, 7) is -0.0356. The highest BCUT2D eigenvalue weighted by Gasteiger charge is 2.14. The first-order valence-electron chi connectivity index (χ1n) is 5.68. The van der Waals surface area contributed by atoms with Crippen LogP contribution in [0.3, 0.4) is 0 Å². The summed E-state index contributed by atoms with van der Waals surface area (Å²) < 4.78 is 43.9. The summed E-state index contributed by atoms with van der Waals surface area (Å²) in [5, 5.41) is 1.95. The molecule has 2 rings (SSSR count). The number of carbonyl (C=O) groups is 1. The third kappa shape index (κ3) is 3.50. The predicted octanol–water partition coefficient (Wildman–Crippen LogP) is 3.85. The van der Waals surface area contributed by atoms with Gasteiger partial charge in [0.2, 0.25) is 0 Å². The van der Waals surface area contributed by atoms with Gasteiger partial charge in [0.1, 0.15) is 12.4 Å². The van der Waals surface area contributed by atoms with Gasteiger partial charge < -0.3 is 4.74 Å². The molecule has 3 nitrogen and oxygen atoms in total. The van der Waals surface area contributed by atoms with Gasteiger partial charge in [0.25, 0.3) is 0 Å². The number of nitrogens with one attached hydrogen (secondary N) is 1. The maximum atomic E-state index is 13.3. The van der Waals surface area contributed by atoms with Crippen molar-refractivity contribution in [3.05, 3.63) is 65.5 Å². The van der Waals surface area contributed by atoms with Gasteiger partial charge in [0.15, 0.2) is 11.6 Å². The number of hydrogen-bond donors (Lipinski definition) is 1. The molecule has 104 valence electrons.